The van der Waals surface area contributed by atoms with E-state index in [0.29, 0.717) is 0 Å². The van der Waals surface area contributed by atoms with E-state index in [0.717, 1.165) is 30.1 Å². The van der Waals surface area contributed by atoms with E-state index in [-0.39, 0.29) is 0 Å². The molecule has 0 spiro atoms. The standard InChI is InChI=1S/C16H23ClN2/c1-12-2-3-14(16(17)8-12)10-18-9-13-6-7-19(11-13)15-4-5-15/h2-3,8,13,15,18H,4-7,9-11H2,1H3. The molecule has 104 valence electrons. The maximum Gasteiger partial charge on any atom is 0.0453 e. The molecule has 1 saturated carbocycles. The maximum absolute atomic E-state index is 6.25. The molecule has 3 heteroatoms. The number of hydrogen-bond acceptors (Lipinski definition) is 2. The molecule has 0 amide bonds. The van der Waals surface area contributed by atoms with Crippen molar-refractivity contribution in [2.45, 2.75) is 38.8 Å². The van der Waals surface area contributed by atoms with E-state index in [1.165, 1.54) is 43.5 Å². The van der Waals surface area contributed by atoms with Gasteiger partial charge in [-0.15, -0.1) is 0 Å². The van der Waals surface area contributed by atoms with Gasteiger partial charge in [0.05, 0.1) is 0 Å². The Morgan fingerprint density at radius 3 is 2.89 bits per heavy atom. The van der Waals surface area contributed by atoms with Crippen molar-refractivity contribution in [1.82, 2.24) is 10.2 Å². The molecule has 2 fully saturated rings. The minimum atomic E-state index is 0.824. The van der Waals surface area contributed by atoms with Crippen LogP contribution in [0.4, 0.5) is 0 Å². The lowest BCUT2D eigenvalue weighted by Crippen LogP contribution is -2.27. The lowest BCUT2D eigenvalue weighted by atomic mass is 10.1. The first-order chi connectivity index (χ1) is 9.22. The van der Waals surface area contributed by atoms with Gasteiger partial charge >= 0.3 is 0 Å². The van der Waals surface area contributed by atoms with Gasteiger partial charge in [0.15, 0.2) is 0 Å². The molecule has 19 heavy (non-hydrogen) atoms. The Labute approximate surface area is 121 Å². The minimum absolute atomic E-state index is 0.824. The summed E-state index contributed by atoms with van der Waals surface area (Å²) in [5.74, 6) is 0.824. The van der Waals surface area contributed by atoms with E-state index in [1.807, 2.05) is 6.07 Å². The maximum atomic E-state index is 6.25. The summed E-state index contributed by atoms with van der Waals surface area (Å²) in [6.07, 6.45) is 4.21. The third-order valence-corrected chi connectivity index (χ3v) is 4.69. The summed E-state index contributed by atoms with van der Waals surface area (Å²) in [5, 5.41) is 4.46. The average molecular weight is 279 g/mol. The highest BCUT2D eigenvalue weighted by Gasteiger charge is 2.33. The monoisotopic (exact) mass is 278 g/mol. The van der Waals surface area contributed by atoms with Gasteiger partial charge in [0, 0.05) is 24.2 Å². The molecule has 1 aromatic carbocycles. The summed E-state index contributed by atoms with van der Waals surface area (Å²) in [7, 11) is 0. The second kappa shape index (κ2) is 5.82. The number of rotatable bonds is 5. The van der Waals surface area contributed by atoms with Crippen LogP contribution >= 0.6 is 11.6 Å². The fourth-order valence-electron chi connectivity index (χ4n) is 3.01. The first-order valence-electron chi connectivity index (χ1n) is 7.42. The fraction of sp³-hybridized carbons (Fsp3) is 0.625. The molecule has 1 N–H and O–H groups in total. The summed E-state index contributed by atoms with van der Waals surface area (Å²) in [6, 6.07) is 7.24. The van der Waals surface area contributed by atoms with Gasteiger partial charge in [-0.05, 0) is 62.4 Å². The highest BCUT2D eigenvalue weighted by Crippen LogP contribution is 2.31. The molecule has 3 rings (SSSR count). The number of nitrogens with one attached hydrogen (secondary N) is 1. The third kappa shape index (κ3) is 3.50. The van der Waals surface area contributed by atoms with Crippen LogP contribution in [-0.4, -0.2) is 30.6 Å². The van der Waals surface area contributed by atoms with Crippen molar-refractivity contribution >= 4 is 11.6 Å². The van der Waals surface area contributed by atoms with Crippen molar-refractivity contribution < 1.29 is 0 Å². The van der Waals surface area contributed by atoms with Crippen LogP contribution in [0.25, 0.3) is 0 Å². The highest BCUT2D eigenvalue weighted by atomic mass is 35.5. The van der Waals surface area contributed by atoms with E-state index in [1.54, 1.807) is 0 Å². The van der Waals surface area contributed by atoms with E-state index in [2.05, 4.69) is 29.3 Å². The average Bonchev–Trinajstić information content (AvgIpc) is 3.13. The molecule has 1 aliphatic carbocycles. The molecule has 1 unspecified atom stereocenters. The summed E-state index contributed by atoms with van der Waals surface area (Å²) in [5.41, 5.74) is 2.44. The van der Waals surface area contributed by atoms with Crippen LogP contribution in [-0.2, 0) is 6.54 Å². The van der Waals surface area contributed by atoms with Crippen molar-refractivity contribution in [2.75, 3.05) is 19.6 Å². The Kier molecular flexibility index (Phi) is 4.11. The number of benzene rings is 1. The van der Waals surface area contributed by atoms with Crippen LogP contribution in [0, 0.1) is 12.8 Å². The number of nitrogens with zero attached hydrogens (tertiary/aromatic N) is 1. The Hall–Kier alpha value is -0.570. The van der Waals surface area contributed by atoms with Crippen molar-refractivity contribution in [1.29, 1.82) is 0 Å². The van der Waals surface area contributed by atoms with Crippen LogP contribution in [0.3, 0.4) is 0 Å². The Balaban J connectivity index is 1.43. The lowest BCUT2D eigenvalue weighted by molar-refractivity contribution is 0.312. The molecule has 1 aromatic rings. The molecule has 1 atom stereocenters. The Bertz CT molecular complexity index is 442. The second-order valence-electron chi connectivity index (χ2n) is 6.11. The van der Waals surface area contributed by atoms with E-state index >= 15 is 0 Å². The van der Waals surface area contributed by atoms with Crippen LogP contribution < -0.4 is 5.32 Å². The molecule has 1 heterocycles. The first-order valence-corrected chi connectivity index (χ1v) is 7.80. The molecule has 0 aromatic heterocycles. The van der Waals surface area contributed by atoms with Gasteiger partial charge in [0.1, 0.15) is 0 Å². The normalized spacial score (nSPS) is 24.0. The predicted octanol–water partition coefficient (Wildman–Crippen LogP) is 3.22. The fourth-order valence-corrected chi connectivity index (χ4v) is 3.31. The number of aryl methyl sites for hydroxylation is 1. The summed E-state index contributed by atoms with van der Waals surface area (Å²) in [6.45, 7) is 6.68. The number of halogens is 1. The van der Waals surface area contributed by atoms with Gasteiger partial charge in [-0.25, -0.2) is 0 Å². The molecule has 1 aliphatic heterocycles. The summed E-state index contributed by atoms with van der Waals surface area (Å²) < 4.78 is 0. The Morgan fingerprint density at radius 2 is 2.16 bits per heavy atom. The molecular weight excluding hydrogens is 256 g/mol. The van der Waals surface area contributed by atoms with Crippen LogP contribution in [0.15, 0.2) is 18.2 Å². The van der Waals surface area contributed by atoms with Gasteiger partial charge in [0.2, 0.25) is 0 Å². The zero-order chi connectivity index (χ0) is 13.2. The van der Waals surface area contributed by atoms with Gasteiger partial charge in [-0.2, -0.15) is 0 Å². The van der Waals surface area contributed by atoms with Crippen LogP contribution in [0.5, 0.6) is 0 Å². The van der Waals surface area contributed by atoms with Crippen molar-refractivity contribution in [3.8, 4) is 0 Å². The SMILES string of the molecule is Cc1ccc(CNCC2CCN(C3CC3)C2)c(Cl)c1. The van der Waals surface area contributed by atoms with E-state index < -0.39 is 0 Å². The van der Waals surface area contributed by atoms with Crippen LogP contribution in [0.1, 0.15) is 30.4 Å². The number of likely N-dealkylation sites (tertiary alicyclic amines) is 1. The predicted molar refractivity (Wildman–Crippen MR) is 80.6 cm³/mol. The molecule has 0 bridgehead atoms. The first kappa shape index (κ1) is 13.4. The molecule has 2 nitrogen and oxygen atoms in total. The summed E-state index contributed by atoms with van der Waals surface area (Å²) >= 11 is 6.25. The number of hydrogen-bond donors (Lipinski definition) is 1. The van der Waals surface area contributed by atoms with Gasteiger partial charge < -0.3 is 10.2 Å². The molecular formula is C16H23ClN2. The topological polar surface area (TPSA) is 15.3 Å². The highest BCUT2D eigenvalue weighted by molar-refractivity contribution is 6.31. The van der Waals surface area contributed by atoms with Crippen molar-refractivity contribution in [2.24, 2.45) is 5.92 Å². The zero-order valence-corrected chi connectivity index (χ0v) is 12.4. The van der Waals surface area contributed by atoms with E-state index in [4.69, 9.17) is 11.6 Å². The van der Waals surface area contributed by atoms with Crippen LogP contribution in [0.2, 0.25) is 5.02 Å². The quantitative estimate of drug-likeness (QED) is 0.890. The smallest absolute Gasteiger partial charge is 0.0453 e. The Morgan fingerprint density at radius 1 is 1.32 bits per heavy atom. The lowest BCUT2D eigenvalue weighted by Gasteiger charge is -2.15. The second-order valence-corrected chi connectivity index (χ2v) is 6.51. The zero-order valence-electron chi connectivity index (χ0n) is 11.7. The molecule has 2 aliphatic rings. The van der Waals surface area contributed by atoms with Gasteiger partial charge in [-0.1, -0.05) is 23.7 Å². The van der Waals surface area contributed by atoms with E-state index in [9.17, 15) is 0 Å². The minimum Gasteiger partial charge on any atom is -0.312 e. The molecule has 0 radical (unpaired) electrons. The van der Waals surface area contributed by atoms with Gasteiger partial charge in [0.25, 0.3) is 0 Å². The summed E-state index contributed by atoms with van der Waals surface area (Å²) in [4.78, 5) is 2.67. The largest absolute Gasteiger partial charge is 0.312 e. The van der Waals surface area contributed by atoms with Gasteiger partial charge in [-0.3, -0.25) is 0 Å². The van der Waals surface area contributed by atoms with Crippen molar-refractivity contribution in [3.63, 3.8) is 0 Å². The molecule has 1 saturated heterocycles. The van der Waals surface area contributed by atoms with Crippen molar-refractivity contribution in [3.05, 3.63) is 34.3 Å². The third-order valence-electron chi connectivity index (χ3n) is 4.34.